The van der Waals surface area contributed by atoms with Crippen LogP contribution in [0.5, 0.6) is 0 Å². The van der Waals surface area contributed by atoms with E-state index < -0.39 is 17.9 Å². The molecule has 0 saturated heterocycles. The zero-order chi connectivity index (χ0) is 22.9. The van der Waals surface area contributed by atoms with E-state index in [1.807, 2.05) is 48.5 Å². The van der Waals surface area contributed by atoms with Gasteiger partial charge in [-0.25, -0.2) is 9.78 Å². The van der Waals surface area contributed by atoms with E-state index in [0.29, 0.717) is 17.8 Å². The summed E-state index contributed by atoms with van der Waals surface area (Å²) in [5.74, 6) is -0.668. The van der Waals surface area contributed by atoms with Crippen molar-refractivity contribution in [2.75, 3.05) is 17.8 Å². The first-order chi connectivity index (χ1) is 15.5. The van der Waals surface area contributed by atoms with Crippen LogP contribution in [0.25, 0.3) is 0 Å². The normalized spacial score (nSPS) is 12.6. The van der Waals surface area contributed by atoms with Crippen molar-refractivity contribution in [1.82, 2.24) is 4.98 Å². The minimum Gasteiger partial charge on any atom is -0.467 e. The van der Waals surface area contributed by atoms with Crippen molar-refractivity contribution >= 4 is 45.9 Å². The number of methoxy groups -OCH3 is 1. The maximum Gasteiger partial charge on any atom is 0.328 e. The number of ether oxygens (including phenoxy) is 1. The zero-order valence-corrected chi connectivity index (χ0v) is 19.5. The minimum absolute atomic E-state index is 0.0994. The van der Waals surface area contributed by atoms with Crippen molar-refractivity contribution in [3.8, 4) is 0 Å². The molecular formula is C24H24N2O4S2. The van der Waals surface area contributed by atoms with Crippen LogP contribution in [-0.4, -0.2) is 40.9 Å². The van der Waals surface area contributed by atoms with Crippen molar-refractivity contribution in [3.63, 3.8) is 0 Å². The highest BCUT2D eigenvalue weighted by molar-refractivity contribution is 8.14. The third kappa shape index (κ3) is 6.05. The summed E-state index contributed by atoms with van der Waals surface area (Å²) in [5, 5.41) is 1.62. The molecule has 32 heavy (non-hydrogen) atoms. The fraction of sp³-hybridized carbons (Fsp3) is 0.250. The highest BCUT2D eigenvalue weighted by Crippen LogP contribution is 2.25. The van der Waals surface area contributed by atoms with E-state index in [4.69, 9.17) is 4.74 Å². The van der Waals surface area contributed by atoms with E-state index in [0.717, 1.165) is 17.3 Å². The van der Waals surface area contributed by atoms with Gasteiger partial charge in [-0.3, -0.25) is 14.5 Å². The fourth-order valence-electron chi connectivity index (χ4n) is 3.25. The molecule has 0 aliphatic rings. The Hall–Kier alpha value is -2.97. The second kappa shape index (κ2) is 11.6. The number of benzene rings is 2. The third-order valence-corrected chi connectivity index (χ3v) is 6.57. The van der Waals surface area contributed by atoms with Crippen molar-refractivity contribution in [3.05, 3.63) is 82.7 Å². The van der Waals surface area contributed by atoms with E-state index in [1.54, 1.807) is 29.9 Å². The van der Waals surface area contributed by atoms with Gasteiger partial charge in [-0.1, -0.05) is 72.4 Å². The van der Waals surface area contributed by atoms with Crippen LogP contribution in [0.1, 0.15) is 22.8 Å². The highest BCUT2D eigenvalue weighted by atomic mass is 32.2. The summed E-state index contributed by atoms with van der Waals surface area (Å²) in [6.45, 7) is 1.62. The molecule has 1 amide bonds. The fourth-order valence-corrected chi connectivity index (χ4v) is 4.69. The van der Waals surface area contributed by atoms with Gasteiger partial charge in [-0.15, -0.1) is 11.3 Å². The van der Waals surface area contributed by atoms with Crippen LogP contribution < -0.4 is 4.90 Å². The van der Waals surface area contributed by atoms with Crippen molar-refractivity contribution in [1.29, 1.82) is 0 Å². The standard InChI is InChI=1S/C24H24N2O4S2/c1-17(23(28)30-2)26(21-15-31-16-25-21)22(27)20(13-18-9-5-3-6-10-18)14-32-24(29)19-11-7-4-8-12-19/h3-12,15-17,20H,13-14H2,1-2H3/t17-,20?/m0/s1. The van der Waals surface area contributed by atoms with Gasteiger partial charge < -0.3 is 4.74 Å². The molecule has 0 saturated carbocycles. The number of nitrogens with zero attached hydrogens (tertiary/aromatic N) is 2. The van der Waals surface area contributed by atoms with Crippen LogP contribution in [0.15, 0.2) is 71.6 Å². The molecule has 6 nitrogen and oxygen atoms in total. The van der Waals surface area contributed by atoms with Crippen LogP contribution in [-0.2, 0) is 20.7 Å². The Balaban J connectivity index is 1.86. The molecule has 0 spiro atoms. The monoisotopic (exact) mass is 468 g/mol. The van der Waals surface area contributed by atoms with Gasteiger partial charge in [0.05, 0.1) is 18.5 Å². The number of esters is 1. The second-order valence-electron chi connectivity index (χ2n) is 7.11. The maximum absolute atomic E-state index is 13.7. The van der Waals surface area contributed by atoms with Crippen molar-refractivity contribution < 1.29 is 19.1 Å². The molecule has 2 aromatic carbocycles. The van der Waals surface area contributed by atoms with Gasteiger partial charge in [0, 0.05) is 16.7 Å². The van der Waals surface area contributed by atoms with Crippen LogP contribution in [0.4, 0.5) is 5.82 Å². The number of thiazole rings is 1. The molecular weight excluding hydrogens is 444 g/mol. The van der Waals surface area contributed by atoms with E-state index in [9.17, 15) is 14.4 Å². The average Bonchev–Trinajstić information content (AvgIpc) is 3.36. The Labute approximate surface area is 195 Å². The molecule has 0 radical (unpaired) electrons. The van der Waals surface area contributed by atoms with Gasteiger partial charge in [0.1, 0.15) is 11.9 Å². The first-order valence-electron chi connectivity index (χ1n) is 10.1. The lowest BCUT2D eigenvalue weighted by molar-refractivity contribution is -0.143. The molecule has 0 aliphatic heterocycles. The smallest absolute Gasteiger partial charge is 0.328 e. The Morgan fingerprint density at radius 2 is 1.72 bits per heavy atom. The first kappa shape index (κ1) is 23.7. The highest BCUT2D eigenvalue weighted by Gasteiger charge is 2.34. The van der Waals surface area contributed by atoms with Crippen LogP contribution >= 0.6 is 23.1 Å². The van der Waals surface area contributed by atoms with Gasteiger partial charge in [-0.2, -0.15) is 0 Å². The first-order valence-corrected chi connectivity index (χ1v) is 12.0. The number of carbonyl (C=O) groups excluding carboxylic acids is 3. The molecule has 0 N–H and O–H groups in total. The topological polar surface area (TPSA) is 76.6 Å². The molecule has 3 rings (SSSR count). The van der Waals surface area contributed by atoms with Crippen LogP contribution in [0.2, 0.25) is 0 Å². The summed E-state index contributed by atoms with van der Waals surface area (Å²) in [6.07, 6.45) is 0.434. The van der Waals surface area contributed by atoms with Gasteiger partial charge in [-0.05, 0) is 18.9 Å². The number of aromatic nitrogens is 1. The van der Waals surface area contributed by atoms with Crippen molar-refractivity contribution in [2.45, 2.75) is 19.4 Å². The molecule has 1 unspecified atom stereocenters. The third-order valence-electron chi connectivity index (χ3n) is 4.93. The number of thioether (sulfide) groups is 1. The summed E-state index contributed by atoms with van der Waals surface area (Å²) >= 11 is 2.44. The number of carbonyl (C=O) groups is 3. The van der Waals surface area contributed by atoms with Gasteiger partial charge in [0.25, 0.3) is 0 Å². The summed E-state index contributed by atoms with van der Waals surface area (Å²) < 4.78 is 4.88. The molecule has 0 fully saturated rings. The Kier molecular flexibility index (Phi) is 8.58. The van der Waals surface area contributed by atoms with Gasteiger partial charge >= 0.3 is 5.97 Å². The predicted molar refractivity (Wildman–Crippen MR) is 128 cm³/mol. The minimum atomic E-state index is -0.845. The summed E-state index contributed by atoms with van der Waals surface area (Å²) in [4.78, 5) is 44.3. The molecule has 1 aromatic heterocycles. The number of hydrogen-bond acceptors (Lipinski definition) is 7. The van der Waals surface area contributed by atoms with E-state index in [2.05, 4.69) is 4.98 Å². The number of amides is 1. The molecule has 2 atom stereocenters. The van der Waals surface area contributed by atoms with Gasteiger partial charge in [0.15, 0.2) is 0 Å². The lowest BCUT2D eigenvalue weighted by atomic mass is 9.99. The van der Waals surface area contributed by atoms with Crippen molar-refractivity contribution in [2.24, 2.45) is 5.92 Å². The summed E-state index contributed by atoms with van der Waals surface area (Å²) in [5.41, 5.74) is 3.17. The molecule has 0 bridgehead atoms. The predicted octanol–water partition coefficient (Wildman–Crippen LogP) is 4.47. The molecule has 0 aliphatic carbocycles. The summed E-state index contributed by atoms with van der Waals surface area (Å²) in [7, 11) is 1.29. The largest absolute Gasteiger partial charge is 0.467 e. The molecule has 166 valence electrons. The lowest BCUT2D eigenvalue weighted by Crippen LogP contribution is -2.48. The number of anilines is 1. The van der Waals surface area contributed by atoms with Crippen LogP contribution in [0.3, 0.4) is 0 Å². The van der Waals surface area contributed by atoms with Gasteiger partial charge in [0.2, 0.25) is 11.0 Å². The Morgan fingerprint density at radius 1 is 1.06 bits per heavy atom. The Morgan fingerprint density at radius 3 is 2.31 bits per heavy atom. The van der Waals surface area contributed by atoms with E-state index in [-0.39, 0.29) is 16.8 Å². The van der Waals surface area contributed by atoms with Crippen LogP contribution in [0, 0.1) is 5.92 Å². The lowest BCUT2D eigenvalue weighted by Gasteiger charge is -2.29. The number of hydrogen-bond donors (Lipinski definition) is 0. The molecule has 1 heterocycles. The quantitative estimate of drug-likeness (QED) is 0.431. The van der Waals surface area contributed by atoms with E-state index in [1.165, 1.54) is 23.3 Å². The van der Waals surface area contributed by atoms with E-state index >= 15 is 0 Å². The average molecular weight is 469 g/mol. The molecule has 3 aromatic rings. The second-order valence-corrected chi connectivity index (χ2v) is 8.82. The molecule has 8 heteroatoms. The maximum atomic E-state index is 13.7. The summed E-state index contributed by atoms with van der Waals surface area (Å²) in [6, 6.07) is 17.8. The Bertz CT molecular complexity index is 1030. The SMILES string of the molecule is COC(=O)[C@H](C)N(C(=O)C(CSC(=O)c1ccccc1)Cc1ccccc1)c1cscn1. The zero-order valence-electron chi connectivity index (χ0n) is 17.8. The number of rotatable bonds is 9.